The molecule has 2 N–H and O–H groups in total. The van der Waals surface area contributed by atoms with Crippen molar-refractivity contribution in [2.24, 2.45) is 0 Å². The Hall–Kier alpha value is -3.61. The van der Waals surface area contributed by atoms with Crippen molar-refractivity contribution in [2.75, 3.05) is 25.6 Å². The lowest BCUT2D eigenvalue weighted by molar-refractivity contribution is -0.124. The monoisotopic (exact) mass is 379 g/mol. The summed E-state index contributed by atoms with van der Waals surface area (Å²) < 4.78 is 5.01. The van der Waals surface area contributed by atoms with Gasteiger partial charge in [0.05, 0.1) is 0 Å². The topological polar surface area (TPSA) is 91.5 Å². The lowest BCUT2D eigenvalue weighted by Crippen LogP contribution is -2.28. The number of H-pyrrole nitrogens is 1. The van der Waals surface area contributed by atoms with Crippen LogP contribution < -0.4 is 15.8 Å². The number of anilines is 1. The summed E-state index contributed by atoms with van der Waals surface area (Å²) in [5.74, 6) is -1.18. The summed E-state index contributed by atoms with van der Waals surface area (Å²) in [6.07, 6.45) is 0. The lowest BCUT2D eigenvalue weighted by Gasteiger charge is -2.13. The number of ether oxygens (including phenoxy) is 1. The van der Waals surface area contributed by atoms with Crippen molar-refractivity contribution in [3.05, 3.63) is 76.2 Å². The number of amides is 1. The minimum absolute atomic E-state index is 0.00998. The van der Waals surface area contributed by atoms with Crippen LogP contribution in [0.1, 0.15) is 16.1 Å². The second-order valence-electron chi connectivity index (χ2n) is 6.51. The zero-order valence-corrected chi connectivity index (χ0v) is 15.7. The minimum Gasteiger partial charge on any atom is -0.451 e. The third kappa shape index (κ3) is 4.56. The van der Waals surface area contributed by atoms with E-state index < -0.39 is 18.5 Å². The fourth-order valence-electron chi connectivity index (χ4n) is 2.69. The van der Waals surface area contributed by atoms with E-state index in [1.807, 2.05) is 43.3 Å². The number of fused-ring (bicyclic) bond motifs is 1. The first kappa shape index (κ1) is 19.2. The summed E-state index contributed by atoms with van der Waals surface area (Å²) >= 11 is 0. The van der Waals surface area contributed by atoms with Crippen molar-refractivity contribution in [3.8, 4) is 0 Å². The van der Waals surface area contributed by atoms with Gasteiger partial charge in [-0.05, 0) is 35.2 Å². The molecule has 3 aromatic rings. The molecule has 144 valence electrons. The van der Waals surface area contributed by atoms with Crippen molar-refractivity contribution in [1.29, 1.82) is 0 Å². The van der Waals surface area contributed by atoms with Crippen LogP contribution in [0, 0.1) is 0 Å². The molecule has 1 amide bonds. The molecule has 7 heteroatoms. The molecule has 0 bridgehead atoms. The van der Waals surface area contributed by atoms with Crippen LogP contribution in [-0.4, -0.2) is 37.6 Å². The Balaban J connectivity index is 1.54. The molecule has 1 heterocycles. The van der Waals surface area contributed by atoms with Crippen LogP contribution in [0.5, 0.6) is 0 Å². The molecule has 0 fully saturated rings. The maximum atomic E-state index is 12.1. The SMILES string of the molecule is CN(C)c1ccc(CNC(=O)COC(=O)c2cc3ccccc3c(=O)[nH]2)cc1. The van der Waals surface area contributed by atoms with Crippen LogP contribution in [-0.2, 0) is 16.1 Å². The van der Waals surface area contributed by atoms with Crippen LogP contribution in [0.3, 0.4) is 0 Å². The van der Waals surface area contributed by atoms with E-state index in [2.05, 4.69) is 10.3 Å². The number of hydrogen-bond acceptors (Lipinski definition) is 5. The largest absolute Gasteiger partial charge is 0.451 e. The number of hydrogen-bond donors (Lipinski definition) is 2. The van der Waals surface area contributed by atoms with Gasteiger partial charge in [0.2, 0.25) is 0 Å². The fraction of sp³-hybridized carbons (Fsp3) is 0.190. The molecule has 0 radical (unpaired) electrons. The van der Waals surface area contributed by atoms with E-state index in [0.717, 1.165) is 11.3 Å². The molecule has 2 aromatic carbocycles. The number of nitrogens with zero attached hydrogens (tertiary/aromatic N) is 1. The highest BCUT2D eigenvalue weighted by molar-refractivity contribution is 5.94. The Morgan fingerprint density at radius 2 is 1.79 bits per heavy atom. The van der Waals surface area contributed by atoms with E-state index in [-0.39, 0.29) is 11.3 Å². The average molecular weight is 379 g/mol. The van der Waals surface area contributed by atoms with Gasteiger partial charge in [0.15, 0.2) is 6.61 Å². The Labute approximate surface area is 161 Å². The quantitative estimate of drug-likeness (QED) is 0.640. The van der Waals surface area contributed by atoms with Gasteiger partial charge in [-0.15, -0.1) is 0 Å². The minimum atomic E-state index is -0.756. The first-order valence-corrected chi connectivity index (χ1v) is 8.76. The van der Waals surface area contributed by atoms with E-state index in [1.165, 1.54) is 6.07 Å². The molecular formula is C21H21N3O4. The van der Waals surface area contributed by atoms with Crippen molar-refractivity contribution in [2.45, 2.75) is 6.54 Å². The maximum Gasteiger partial charge on any atom is 0.355 e. The number of aromatic nitrogens is 1. The summed E-state index contributed by atoms with van der Waals surface area (Å²) in [5, 5.41) is 3.81. The van der Waals surface area contributed by atoms with Gasteiger partial charge in [0, 0.05) is 31.7 Å². The molecule has 3 rings (SSSR count). The van der Waals surface area contributed by atoms with E-state index in [0.29, 0.717) is 17.3 Å². The summed E-state index contributed by atoms with van der Waals surface area (Å²) in [5.41, 5.74) is 1.63. The number of rotatable bonds is 6. The number of nitrogens with one attached hydrogen (secondary N) is 2. The van der Waals surface area contributed by atoms with Crippen molar-refractivity contribution >= 4 is 28.3 Å². The molecule has 0 spiro atoms. The molecule has 0 aliphatic rings. The summed E-state index contributed by atoms with van der Waals surface area (Å²) in [6, 6.07) is 16.2. The number of pyridine rings is 1. The van der Waals surface area contributed by atoms with Crippen molar-refractivity contribution in [3.63, 3.8) is 0 Å². The van der Waals surface area contributed by atoms with Crippen LogP contribution in [0.4, 0.5) is 5.69 Å². The average Bonchev–Trinajstić information content (AvgIpc) is 2.70. The van der Waals surface area contributed by atoms with E-state index in [9.17, 15) is 14.4 Å². The molecule has 1 aromatic heterocycles. The van der Waals surface area contributed by atoms with E-state index in [4.69, 9.17) is 4.74 Å². The predicted octanol–water partition coefficient (Wildman–Crippen LogP) is 2.07. The molecule has 7 nitrogen and oxygen atoms in total. The normalized spacial score (nSPS) is 10.5. The maximum absolute atomic E-state index is 12.1. The smallest absolute Gasteiger partial charge is 0.355 e. The molecule has 28 heavy (non-hydrogen) atoms. The van der Waals surface area contributed by atoms with Crippen LogP contribution in [0.15, 0.2) is 59.4 Å². The number of aromatic amines is 1. The number of carbonyl (C=O) groups is 2. The van der Waals surface area contributed by atoms with Crippen LogP contribution in [0.2, 0.25) is 0 Å². The van der Waals surface area contributed by atoms with Gasteiger partial charge in [0.25, 0.3) is 11.5 Å². The predicted molar refractivity (Wildman–Crippen MR) is 107 cm³/mol. The molecule has 0 saturated heterocycles. The Morgan fingerprint density at radius 3 is 2.50 bits per heavy atom. The highest BCUT2D eigenvalue weighted by Crippen LogP contribution is 2.12. The number of esters is 1. The molecule has 0 aliphatic carbocycles. The zero-order valence-electron chi connectivity index (χ0n) is 15.7. The van der Waals surface area contributed by atoms with E-state index in [1.54, 1.807) is 24.3 Å². The van der Waals surface area contributed by atoms with Crippen LogP contribution >= 0.6 is 0 Å². The molecular weight excluding hydrogens is 358 g/mol. The lowest BCUT2D eigenvalue weighted by atomic mass is 10.1. The third-order valence-corrected chi connectivity index (χ3v) is 4.25. The van der Waals surface area contributed by atoms with Crippen molar-refractivity contribution in [1.82, 2.24) is 10.3 Å². The van der Waals surface area contributed by atoms with Gasteiger partial charge in [-0.1, -0.05) is 30.3 Å². The molecule has 0 unspecified atom stereocenters. The second-order valence-corrected chi connectivity index (χ2v) is 6.51. The standard InChI is InChI=1S/C21H21N3O4/c1-24(2)16-9-7-14(8-10-16)12-22-19(25)13-28-21(27)18-11-15-5-3-4-6-17(15)20(26)23-18/h3-11H,12-13H2,1-2H3,(H,22,25)(H,23,26). The first-order chi connectivity index (χ1) is 13.4. The Bertz CT molecular complexity index is 1060. The summed E-state index contributed by atoms with van der Waals surface area (Å²) in [7, 11) is 3.90. The van der Waals surface area contributed by atoms with Crippen LogP contribution in [0.25, 0.3) is 10.8 Å². The van der Waals surface area contributed by atoms with Gasteiger partial charge >= 0.3 is 5.97 Å². The molecule has 0 saturated carbocycles. The summed E-state index contributed by atoms with van der Waals surface area (Å²) in [4.78, 5) is 40.6. The highest BCUT2D eigenvalue weighted by Gasteiger charge is 2.13. The first-order valence-electron chi connectivity index (χ1n) is 8.76. The second kappa shape index (κ2) is 8.39. The van der Waals surface area contributed by atoms with Gasteiger partial charge < -0.3 is 19.9 Å². The number of benzene rings is 2. The van der Waals surface area contributed by atoms with Crippen molar-refractivity contribution < 1.29 is 14.3 Å². The highest BCUT2D eigenvalue weighted by atomic mass is 16.5. The zero-order chi connectivity index (χ0) is 20.1. The van der Waals surface area contributed by atoms with E-state index >= 15 is 0 Å². The Kier molecular flexibility index (Phi) is 5.74. The number of carbonyl (C=O) groups excluding carboxylic acids is 2. The van der Waals surface area contributed by atoms with Gasteiger partial charge in [-0.25, -0.2) is 4.79 Å². The fourth-order valence-corrected chi connectivity index (χ4v) is 2.69. The Morgan fingerprint density at radius 1 is 1.07 bits per heavy atom. The van der Waals surface area contributed by atoms with Gasteiger partial charge in [0.1, 0.15) is 5.69 Å². The third-order valence-electron chi connectivity index (χ3n) is 4.25. The van der Waals surface area contributed by atoms with Gasteiger partial charge in [-0.3, -0.25) is 9.59 Å². The summed E-state index contributed by atoms with van der Waals surface area (Å²) in [6.45, 7) is -0.0969. The molecule has 0 atom stereocenters. The molecule has 0 aliphatic heterocycles. The van der Waals surface area contributed by atoms with Gasteiger partial charge in [-0.2, -0.15) is 0 Å².